The minimum Gasteiger partial charge on any atom is -0.462 e. The Balaban J connectivity index is 2.57. The minimum atomic E-state index is -0.377. The maximum atomic E-state index is 12.0. The summed E-state index contributed by atoms with van der Waals surface area (Å²) in [5.74, 6) is -0.295. The van der Waals surface area contributed by atoms with Crippen LogP contribution in [0.25, 0.3) is 5.69 Å². The molecule has 0 unspecified atom stereocenters. The number of nitrogens with zero attached hydrogens (tertiary/aromatic N) is 2. The Morgan fingerprint density at radius 1 is 1.38 bits per heavy atom. The van der Waals surface area contributed by atoms with Gasteiger partial charge in [0.15, 0.2) is 0 Å². The van der Waals surface area contributed by atoms with Crippen molar-refractivity contribution in [2.24, 2.45) is 0 Å². The van der Waals surface area contributed by atoms with E-state index in [4.69, 9.17) is 27.9 Å². The first-order valence-corrected chi connectivity index (χ1v) is 7.41. The molecule has 0 N–H and O–H groups in total. The molecule has 1 heterocycles. The van der Waals surface area contributed by atoms with E-state index in [1.165, 1.54) is 6.20 Å². The lowest BCUT2D eigenvalue weighted by Crippen LogP contribution is -2.11. The molecule has 0 spiro atoms. The second kappa shape index (κ2) is 6.50. The summed E-state index contributed by atoms with van der Waals surface area (Å²) in [5, 5.41) is 5.31. The first-order valence-electron chi connectivity index (χ1n) is 6.66. The molecule has 0 radical (unpaired) electrons. The van der Waals surface area contributed by atoms with Crippen LogP contribution in [0, 0.1) is 0 Å². The predicted molar refractivity (Wildman–Crippen MR) is 83.6 cm³/mol. The van der Waals surface area contributed by atoms with Gasteiger partial charge in [-0.1, -0.05) is 37.0 Å². The lowest BCUT2D eigenvalue weighted by molar-refractivity contribution is 0.0524. The van der Waals surface area contributed by atoms with Gasteiger partial charge in [0.05, 0.1) is 29.2 Å². The smallest absolute Gasteiger partial charge is 0.341 e. The molecular formula is C15H16Cl2N2O2. The van der Waals surface area contributed by atoms with Crippen molar-refractivity contribution in [1.29, 1.82) is 0 Å². The lowest BCUT2D eigenvalue weighted by Gasteiger charge is -2.13. The Morgan fingerprint density at radius 3 is 2.67 bits per heavy atom. The number of hydrogen-bond donors (Lipinski definition) is 0. The Kier molecular flexibility index (Phi) is 4.91. The standard InChI is InChI=1S/C15H16Cl2N2O2/c1-4-21-15(20)11-8-18-19(14(11)9(2)3)13-6-5-10(16)7-12(13)17/h5-9H,4H2,1-3H3. The van der Waals surface area contributed by atoms with E-state index < -0.39 is 0 Å². The molecule has 4 nitrogen and oxygen atoms in total. The van der Waals surface area contributed by atoms with Gasteiger partial charge in [-0.2, -0.15) is 5.10 Å². The van der Waals surface area contributed by atoms with E-state index >= 15 is 0 Å². The second-order valence-corrected chi connectivity index (χ2v) is 5.67. The highest BCUT2D eigenvalue weighted by molar-refractivity contribution is 6.35. The fraction of sp³-hybridized carbons (Fsp3) is 0.333. The molecule has 0 atom stereocenters. The monoisotopic (exact) mass is 326 g/mol. The fourth-order valence-corrected chi connectivity index (χ4v) is 2.61. The van der Waals surface area contributed by atoms with Crippen LogP contribution in [0.5, 0.6) is 0 Å². The van der Waals surface area contributed by atoms with Crippen molar-refractivity contribution >= 4 is 29.2 Å². The maximum absolute atomic E-state index is 12.0. The summed E-state index contributed by atoms with van der Waals surface area (Å²) in [6.45, 7) is 6.07. The summed E-state index contributed by atoms with van der Waals surface area (Å²) in [5.41, 5.74) is 1.90. The Labute approximate surface area is 133 Å². The van der Waals surface area contributed by atoms with E-state index in [9.17, 15) is 4.79 Å². The highest BCUT2D eigenvalue weighted by Gasteiger charge is 2.22. The SMILES string of the molecule is CCOC(=O)c1cnn(-c2ccc(Cl)cc2Cl)c1C(C)C. The summed E-state index contributed by atoms with van der Waals surface area (Å²) in [4.78, 5) is 12.0. The van der Waals surface area contributed by atoms with Gasteiger partial charge in [-0.15, -0.1) is 0 Å². The molecule has 1 aromatic carbocycles. The summed E-state index contributed by atoms with van der Waals surface area (Å²) in [7, 11) is 0. The molecule has 2 aromatic rings. The normalized spacial score (nSPS) is 11.0. The molecular weight excluding hydrogens is 311 g/mol. The average Bonchev–Trinajstić information content (AvgIpc) is 2.83. The molecule has 112 valence electrons. The first-order chi connectivity index (χ1) is 9.95. The van der Waals surface area contributed by atoms with Crippen LogP contribution in [0.2, 0.25) is 10.0 Å². The number of carbonyl (C=O) groups excluding carboxylic acids is 1. The van der Waals surface area contributed by atoms with E-state index in [1.807, 2.05) is 13.8 Å². The van der Waals surface area contributed by atoms with Crippen molar-refractivity contribution in [3.63, 3.8) is 0 Å². The largest absolute Gasteiger partial charge is 0.462 e. The molecule has 0 bridgehead atoms. The zero-order valence-corrected chi connectivity index (χ0v) is 13.6. The third kappa shape index (κ3) is 3.22. The van der Waals surface area contributed by atoms with Gasteiger partial charge in [-0.05, 0) is 31.0 Å². The first kappa shape index (κ1) is 15.9. The number of benzene rings is 1. The summed E-state index contributed by atoms with van der Waals surface area (Å²) < 4.78 is 6.73. The highest BCUT2D eigenvalue weighted by Crippen LogP contribution is 2.29. The van der Waals surface area contributed by atoms with Gasteiger partial charge in [-0.3, -0.25) is 0 Å². The Bertz CT molecular complexity index is 666. The molecule has 0 aliphatic rings. The van der Waals surface area contributed by atoms with Crippen LogP contribution >= 0.6 is 23.2 Å². The fourth-order valence-electron chi connectivity index (χ4n) is 2.12. The van der Waals surface area contributed by atoms with E-state index in [0.717, 1.165) is 5.69 Å². The van der Waals surface area contributed by atoms with Gasteiger partial charge in [-0.25, -0.2) is 9.48 Å². The molecule has 0 aliphatic heterocycles. The molecule has 0 amide bonds. The van der Waals surface area contributed by atoms with Gasteiger partial charge in [0, 0.05) is 5.02 Å². The third-order valence-electron chi connectivity index (χ3n) is 2.99. The molecule has 2 rings (SSSR count). The topological polar surface area (TPSA) is 44.1 Å². The summed E-state index contributed by atoms with van der Waals surface area (Å²) in [6, 6.07) is 5.16. The number of halogens is 2. The number of aromatic nitrogens is 2. The number of hydrogen-bond acceptors (Lipinski definition) is 3. The van der Waals surface area contributed by atoms with Gasteiger partial charge in [0.2, 0.25) is 0 Å². The van der Waals surface area contributed by atoms with Crippen LogP contribution in [0.1, 0.15) is 42.7 Å². The summed E-state index contributed by atoms with van der Waals surface area (Å²) in [6.07, 6.45) is 1.51. The van der Waals surface area contributed by atoms with Gasteiger partial charge in [0.25, 0.3) is 0 Å². The van der Waals surface area contributed by atoms with Crippen LogP contribution in [0.15, 0.2) is 24.4 Å². The summed E-state index contributed by atoms with van der Waals surface area (Å²) >= 11 is 12.1. The second-order valence-electron chi connectivity index (χ2n) is 4.83. The Morgan fingerprint density at radius 2 is 2.10 bits per heavy atom. The van der Waals surface area contributed by atoms with Crippen molar-refractivity contribution in [3.8, 4) is 5.69 Å². The van der Waals surface area contributed by atoms with Crippen molar-refractivity contribution < 1.29 is 9.53 Å². The van der Waals surface area contributed by atoms with E-state index in [-0.39, 0.29) is 11.9 Å². The number of esters is 1. The lowest BCUT2D eigenvalue weighted by atomic mass is 10.1. The van der Waals surface area contributed by atoms with Crippen LogP contribution in [0.3, 0.4) is 0 Å². The van der Waals surface area contributed by atoms with Crippen molar-refractivity contribution in [2.75, 3.05) is 6.61 Å². The van der Waals surface area contributed by atoms with E-state index in [2.05, 4.69) is 5.10 Å². The average molecular weight is 327 g/mol. The maximum Gasteiger partial charge on any atom is 0.341 e. The third-order valence-corrected chi connectivity index (χ3v) is 3.52. The van der Waals surface area contributed by atoms with Crippen LogP contribution in [-0.4, -0.2) is 22.4 Å². The van der Waals surface area contributed by atoms with Crippen molar-refractivity contribution in [2.45, 2.75) is 26.7 Å². The van der Waals surface area contributed by atoms with Gasteiger partial charge in [0.1, 0.15) is 5.56 Å². The highest BCUT2D eigenvalue weighted by atomic mass is 35.5. The van der Waals surface area contributed by atoms with Crippen LogP contribution in [0.4, 0.5) is 0 Å². The number of rotatable bonds is 4. The quantitative estimate of drug-likeness (QED) is 0.778. The number of ether oxygens (including phenoxy) is 1. The van der Waals surface area contributed by atoms with Gasteiger partial charge >= 0.3 is 5.97 Å². The Hall–Kier alpha value is -1.52. The molecule has 21 heavy (non-hydrogen) atoms. The van der Waals surface area contributed by atoms with Gasteiger partial charge < -0.3 is 4.74 Å². The molecule has 0 saturated heterocycles. The molecule has 0 aliphatic carbocycles. The van der Waals surface area contributed by atoms with Crippen molar-refractivity contribution in [1.82, 2.24) is 9.78 Å². The van der Waals surface area contributed by atoms with Crippen LogP contribution < -0.4 is 0 Å². The molecule has 6 heteroatoms. The molecule has 0 saturated carbocycles. The zero-order chi connectivity index (χ0) is 15.6. The van der Waals surface area contributed by atoms with E-state index in [1.54, 1.807) is 29.8 Å². The number of carbonyl (C=O) groups is 1. The predicted octanol–water partition coefficient (Wildman–Crippen LogP) is 4.48. The van der Waals surface area contributed by atoms with Crippen molar-refractivity contribution in [3.05, 3.63) is 45.7 Å². The minimum absolute atomic E-state index is 0.0821. The van der Waals surface area contributed by atoms with Crippen LogP contribution in [-0.2, 0) is 4.74 Å². The molecule has 1 aromatic heterocycles. The van der Waals surface area contributed by atoms with E-state index in [0.29, 0.717) is 27.9 Å². The molecule has 0 fully saturated rings. The zero-order valence-electron chi connectivity index (χ0n) is 12.1.